The standard InChI is InChI=1S/C22H28N4O2/c27-22(21-9-8-19(15-24-21)23-16-20-7-4-14-28-20)26-12-10-25(11-13-26)17-18-5-2-1-3-6-18/h1-3,5-6,8-9,15,20,23H,4,7,10-14,16-17H2. The van der Waals surface area contributed by atoms with Crippen molar-refractivity contribution in [2.24, 2.45) is 0 Å². The number of piperazine rings is 1. The van der Waals surface area contributed by atoms with Crippen molar-refractivity contribution in [3.8, 4) is 0 Å². The van der Waals surface area contributed by atoms with E-state index in [9.17, 15) is 4.79 Å². The highest BCUT2D eigenvalue weighted by Crippen LogP contribution is 2.15. The van der Waals surface area contributed by atoms with Crippen molar-refractivity contribution < 1.29 is 9.53 Å². The fourth-order valence-corrected chi connectivity index (χ4v) is 3.77. The molecule has 1 atom stereocenters. The second-order valence-electron chi connectivity index (χ2n) is 7.50. The zero-order valence-corrected chi connectivity index (χ0v) is 16.2. The zero-order chi connectivity index (χ0) is 19.2. The van der Waals surface area contributed by atoms with E-state index in [1.54, 1.807) is 6.20 Å². The Labute approximate surface area is 166 Å². The highest BCUT2D eigenvalue weighted by atomic mass is 16.5. The molecule has 1 aromatic heterocycles. The third-order valence-corrected chi connectivity index (χ3v) is 5.45. The van der Waals surface area contributed by atoms with Crippen molar-refractivity contribution in [3.05, 3.63) is 59.9 Å². The molecule has 2 saturated heterocycles. The molecule has 0 radical (unpaired) electrons. The van der Waals surface area contributed by atoms with E-state index in [4.69, 9.17) is 4.74 Å². The van der Waals surface area contributed by atoms with Crippen molar-refractivity contribution >= 4 is 11.6 Å². The maximum atomic E-state index is 12.7. The van der Waals surface area contributed by atoms with Gasteiger partial charge in [-0.2, -0.15) is 0 Å². The third-order valence-electron chi connectivity index (χ3n) is 5.45. The lowest BCUT2D eigenvalue weighted by molar-refractivity contribution is 0.0623. The Kier molecular flexibility index (Phi) is 6.19. The van der Waals surface area contributed by atoms with Gasteiger partial charge in [0.25, 0.3) is 5.91 Å². The quantitative estimate of drug-likeness (QED) is 0.835. The number of ether oxygens (including phenoxy) is 1. The number of rotatable bonds is 6. The van der Waals surface area contributed by atoms with Gasteiger partial charge in [0.05, 0.1) is 18.0 Å². The predicted octanol–water partition coefficient (Wildman–Crippen LogP) is 2.63. The molecule has 0 bridgehead atoms. The van der Waals surface area contributed by atoms with Crippen molar-refractivity contribution in [1.29, 1.82) is 0 Å². The maximum Gasteiger partial charge on any atom is 0.272 e. The van der Waals surface area contributed by atoms with Crippen molar-refractivity contribution in [2.75, 3.05) is 44.6 Å². The first-order chi connectivity index (χ1) is 13.8. The van der Waals surface area contributed by atoms with Gasteiger partial charge in [-0.15, -0.1) is 0 Å². The Morgan fingerprint density at radius 1 is 1.11 bits per heavy atom. The molecule has 4 rings (SSSR count). The molecule has 0 saturated carbocycles. The van der Waals surface area contributed by atoms with Gasteiger partial charge in [0.1, 0.15) is 5.69 Å². The second-order valence-corrected chi connectivity index (χ2v) is 7.50. The highest BCUT2D eigenvalue weighted by molar-refractivity contribution is 5.92. The van der Waals surface area contributed by atoms with Crippen LogP contribution in [0.5, 0.6) is 0 Å². The number of amides is 1. The van der Waals surface area contributed by atoms with Crippen LogP contribution in [-0.2, 0) is 11.3 Å². The number of hydrogen-bond acceptors (Lipinski definition) is 5. The van der Waals surface area contributed by atoms with Crippen LogP contribution in [0.2, 0.25) is 0 Å². The molecule has 6 heteroatoms. The number of nitrogens with zero attached hydrogens (tertiary/aromatic N) is 3. The van der Waals surface area contributed by atoms with Gasteiger partial charge in [-0.1, -0.05) is 30.3 Å². The first-order valence-corrected chi connectivity index (χ1v) is 10.1. The van der Waals surface area contributed by atoms with Crippen LogP contribution in [0.15, 0.2) is 48.7 Å². The molecule has 2 fully saturated rings. The van der Waals surface area contributed by atoms with Crippen LogP contribution in [0.4, 0.5) is 5.69 Å². The lowest BCUT2D eigenvalue weighted by Crippen LogP contribution is -2.48. The maximum absolute atomic E-state index is 12.7. The van der Waals surface area contributed by atoms with Crippen LogP contribution in [0, 0.1) is 0 Å². The smallest absolute Gasteiger partial charge is 0.272 e. The van der Waals surface area contributed by atoms with Gasteiger partial charge in [-0.25, -0.2) is 4.98 Å². The molecule has 0 spiro atoms. The van der Waals surface area contributed by atoms with Crippen LogP contribution in [0.3, 0.4) is 0 Å². The van der Waals surface area contributed by atoms with Gasteiger partial charge in [-0.3, -0.25) is 9.69 Å². The molecule has 3 heterocycles. The summed E-state index contributed by atoms with van der Waals surface area (Å²) < 4.78 is 5.61. The van der Waals surface area contributed by atoms with E-state index in [-0.39, 0.29) is 12.0 Å². The summed E-state index contributed by atoms with van der Waals surface area (Å²) in [4.78, 5) is 21.4. The number of pyridine rings is 1. The lowest BCUT2D eigenvalue weighted by atomic mass is 10.2. The SMILES string of the molecule is O=C(c1ccc(NCC2CCCO2)cn1)N1CCN(Cc2ccccc2)CC1. The van der Waals surface area contributed by atoms with Gasteiger partial charge in [0, 0.05) is 45.9 Å². The van der Waals surface area contributed by atoms with Crippen LogP contribution >= 0.6 is 0 Å². The van der Waals surface area contributed by atoms with E-state index in [1.165, 1.54) is 5.56 Å². The average molecular weight is 380 g/mol. The molecule has 148 valence electrons. The molecule has 2 aliphatic rings. The van der Waals surface area contributed by atoms with E-state index in [2.05, 4.69) is 39.5 Å². The van der Waals surface area contributed by atoms with E-state index in [1.807, 2.05) is 23.1 Å². The number of carbonyl (C=O) groups excluding carboxylic acids is 1. The minimum atomic E-state index is 0.0186. The largest absolute Gasteiger partial charge is 0.381 e. The van der Waals surface area contributed by atoms with Crippen molar-refractivity contribution in [1.82, 2.24) is 14.8 Å². The van der Waals surface area contributed by atoms with Gasteiger partial charge >= 0.3 is 0 Å². The molecule has 1 amide bonds. The van der Waals surface area contributed by atoms with Crippen molar-refractivity contribution in [2.45, 2.75) is 25.5 Å². The Bertz CT molecular complexity index is 752. The first-order valence-electron chi connectivity index (χ1n) is 10.1. The van der Waals surface area contributed by atoms with Crippen LogP contribution in [0.1, 0.15) is 28.9 Å². The minimum absolute atomic E-state index is 0.0186. The monoisotopic (exact) mass is 380 g/mol. The molecular formula is C22H28N4O2. The lowest BCUT2D eigenvalue weighted by Gasteiger charge is -2.34. The molecule has 2 aliphatic heterocycles. The number of carbonyl (C=O) groups is 1. The average Bonchev–Trinajstić information content (AvgIpc) is 3.27. The zero-order valence-electron chi connectivity index (χ0n) is 16.2. The first kappa shape index (κ1) is 18.9. The van der Waals surface area contributed by atoms with Crippen molar-refractivity contribution in [3.63, 3.8) is 0 Å². The summed E-state index contributed by atoms with van der Waals surface area (Å²) in [6.45, 7) is 5.85. The Morgan fingerprint density at radius 3 is 2.61 bits per heavy atom. The van der Waals surface area contributed by atoms with E-state index in [0.29, 0.717) is 5.69 Å². The van der Waals surface area contributed by atoms with Crippen LogP contribution < -0.4 is 5.32 Å². The summed E-state index contributed by atoms with van der Waals surface area (Å²) in [5.41, 5.74) is 2.76. The summed E-state index contributed by atoms with van der Waals surface area (Å²) in [6.07, 6.45) is 4.27. The minimum Gasteiger partial charge on any atom is -0.381 e. The molecule has 2 aromatic rings. The number of benzene rings is 1. The molecule has 6 nitrogen and oxygen atoms in total. The molecule has 0 aliphatic carbocycles. The Morgan fingerprint density at radius 2 is 1.93 bits per heavy atom. The molecule has 1 unspecified atom stereocenters. The summed E-state index contributed by atoms with van der Waals surface area (Å²) in [6, 6.07) is 14.2. The molecule has 1 aromatic carbocycles. The molecule has 28 heavy (non-hydrogen) atoms. The van der Waals surface area contributed by atoms with E-state index < -0.39 is 0 Å². The Balaban J connectivity index is 1.25. The summed E-state index contributed by atoms with van der Waals surface area (Å²) in [5.74, 6) is 0.0186. The van der Waals surface area contributed by atoms with Crippen LogP contribution in [-0.4, -0.2) is 66.1 Å². The number of anilines is 1. The second kappa shape index (κ2) is 9.17. The summed E-state index contributed by atoms with van der Waals surface area (Å²) in [5, 5.41) is 3.34. The molecule has 1 N–H and O–H groups in total. The van der Waals surface area contributed by atoms with Gasteiger partial charge < -0.3 is 15.0 Å². The topological polar surface area (TPSA) is 57.7 Å². The predicted molar refractivity (Wildman–Crippen MR) is 109 cm³/mol. The van der Waals surface area contributed by atoms with E-state index >= 15 is 0 Å². The van der Waals surface area contributed by atoms with Gasteiger partial charge in [0.15, 0.2) is 0 Å². The van der Waals surface area contributed by atoms with Gasteiger partial charge in [-0.05, 0) is 30.5 Å². The van der Waals surface area contributed by atoms with Crippen LogP contribution in [0.25, 0.3) is 0 Å². The van der Waals surface area contributed by atoms with E-state index in [0.717, 1.165) is 64.4 Å². The third kappa shape index (κ3) is 4.88. The Hall–Kier alpha value is -2.44. The highest BCUT2D eigenvalue weighted by Gasteiger charge is 2.23. The van der Waals surface area contributed by atoms with Gasteiger partial charge in [0.2, 0.25) is 0 Å². The summed E-state index contributed by atoms with van der Waals surface area (Å²) in [7, 11) is 0. The fourth-order valence-electron chi connectivity index (χ4n) is 3.77. The number of nitrogens with one attached hydrogen (secondary N) is 1. The normalized spacial score (nSPS) is 20.3. The fraction of sp³-hybridized carbons (Fsp3) is 0.455. The number of aromatic nitrogens is 1. The summed E-state index contributed by atoms with van der Waals surface area (Å²) >= 11 is 0. The molecular weight excluding hydrogens is 352 g/mol. The number of hydrogen-bond donors (Lipinski definition) is 1.